The first kappa shape index (κ1) is 29.2. The molecule has 8 nitrogen and oxygen atoms in total. The number of alkyl halides is 8. The molecule has 1 atom stereocenters. The van der Waals surface area contributed by atoms with Crippen LogP contribution >= 0.6 is 0 Å². The third kappa shape index (κ3) is 7.06. The lowest BCUT2D eigenvalue weighted by atomic mass is 10.2. The Bertz CT molecular complexity index is 1490. The fraction of sp³-hybridized carbons (Fsp3) is 0.200. The van der Waals surface area contributed by atoms with Crippen LogP contribution in [0.2, 0.25) is 0 Å². The third-order valence-electron chi connectivity index (χ3n) is 5.39. The van der Waals surface area contributed by atoms with E-state index in [2.05, 4.69) is 25.1 Å². The third-order valence-corrected chi connectivity index (χ3v) is 5.39. The number of aromatic nitrogens is 4. The number of hydrogen-bond acceptors (Lipinski definition) is 6. The highest BCUT2D eigenvalue weighted by atomic mass is 19.4. The van der Waals surface area contributed by atoms with Gasteiger partial charge < -0.3 is 9.47 Å². The van der Waals surface area contributed by atoms with E-state index in [1.165, 1.54) is 42.2 Å². The van der Waals surface area contributed by atoms with Crippen molar-refractivity contribution in [3.8, 4) is 22.8 Å². The minimum Gasteiger partial charge on any atom is -0.441 e. The van der Waals surface area contributed by atoms with Crippen LogP contribution in [0.5, 0.6) is 5.75 Å². The maximum absolute atomic E-state index is 13.1. The van der Waals surface area contributed by atoms with E-state index < -0.39 is 42.1 Å². The van der Waals surface area contributed by atoms with Gasteiger partial charge in [0.1, 0.15) is 23.9 Å². The Hall–Kier alpha value is -4.76. The largest absolute Gasteiger partial charge is 0.499 e. The van der Waals surface area contributed by atoms with E-state index in [-0.39, 0.29) is 11.4 Å². The molecule has 41 heavy (non-hydrogen) atoms. The molecule has 1 N–H and O–H groups in total. The molecule has 0 saturated heterocycles. The summed E-state index contributed by atoms with van der Waals surface area (Å²) < 4.78 is 111. The second-order valence-electron chi connectivity index (χ2n) is 8.35. The first-order chi connectivity index (χ1) is 19.1. The number of nitrogens with zero attached hydrogens (tertiary/aromatic N) is 4. The van der Waals surface area contributed by atoms with E-state index in [1.54, 1.807) is 12.1 Å². The van der Waals surface area contributed by atoms with Gasteiger partial charge in [0.2, 0.25) is 0 Å². The molecule has 2 aromatic carbocycles. The summed E-state index contributed by atoms with van der Waals surface area (Å²) in [5.74, 6) is -0.477. The maximum atomic E-state index is 13.1. The smallest absolute Gasteiger partial charge is 0.441 e. The van der Waals surface area contributed by atoms with E-state index in [1.807, 2.05) is 0 Å². The monoisotopic (exact) mass is 587 g/mol. The van der Waals surface area contributed by atoms with Crippen LogP contribution in [0.25, 0.3) is 17.1 Å². The molecule has 1 amide bonds. The number of carbonyl (C=O) groups is 1. The lowest BCUT2D eigenvalue weighted by molar-refractivity contribution is -0.360. The van der Waals surface area contributed by atoms with Crippen LogP contribution in [0.15, 0.2) is 73.2 Å². The summed E-state index contributed by atoms with van der Waals surface area (Å²) in [7, 11) is 0. The van der Waals surface area contributed by atoms with Crippen LogP contribution in [0.3, 0.4) is 0 Å². The molecule has 0 radical (unpaired) electrons. The Morgan fingerprint density at radius 1 is 0.878 bits per heavy atom. The lowest BCUT2D eigenvalue weighted by Gasteiger charge is -2.20. The SMILES string of the molecule is CC(OC(=O)Nc1ccc(-c2ncn(-c3ccc(OC(F)(F)C(F)(F)F)cc3)n2)cc1)c1ccc(C(F)(F)F)nc1. The van der Waals surface area contributed by atoms with Crippen molar-refractivity contribution < 1.29 is 49.4 Å². The molecule has 0 fully saturated rings. The molecule has 16 heteroatoms. The minimum atomic E-state index is -5.87. The van der Waals surface area contributed by atoms with E-state index >= 15 is 0 Å². The van der Waals surface area contributed by atoms with Gasteiger partial charge in [0.05, 0.1) is 5.69 Å². The molecule has 0 aliphatic rings. The van der Waals surface area contributed by atoms with Gasteiger partial charge in [-0.3, -0.25) is 10.3 Å². The summed E-state index contributed by atoms with van der Waals surface area (Å²) in [6, 6.07) is 12.3. The lowest BCUT2D eigenvalue weighted by Crippen LogP contribution is -2.41. The molecule has 0 aliphatic heterocycles. The summed E-state index contributed by atoms with van der Waals surface area (Å²) in [5.41, 5.74) is 0.312. The topological polar surface area (TPSA) is 91.2 Å². The number of rotatable bonds is 7. The molecule has 216 valence electrons. The zero-order valence-electron chi connectivity index (χ0n) is 20.5. The molecule has 4 rings (SSSR count). The van der Waals surface area contributed by atoms with Crippen LogP contribution in [0.4, 0.5) is 45.6 Å². The Kier molecular flexibility index (Phi) is 7.85. The molecule has 0 aliphatic carbocycles. The maximum Gasteiger partial charge on any atom is 0.499 e. The number of ether oxygens (including phenoxy) is 2. The first-order valence-electron chi connectivity index (χ1n) is 11.4. The van der Waals surface area contributed by atoms with Gasteiger partial charge in [0.15, 0.2) is 5.82 Å². The number of amides is 1. The fourth-order valence-corrected chi connectivity index (χ4v) is 3.28. The van der Waals surface area contributed by atoms with Crippen LogP contribution in [-0.4, -0.2) is 38.1 Å². The fourth-order valence-electron chi connectivity index (χ4n) is 3.28. The number of anilines is 1. The molecule has 4 aromatic rings. The van der Waals surface area contributed by atoms with Crippen molar-refractivity contribution in [1.29, 1.82) is 0 Å². The molecular formula is C25H17F8N5O3. The van der Waals surface area contributed by atoms with Gasteiger partial charge in [0.25, 0.3) is 0 Å². The van der Waals surface area contributed by atoms with E-state index in [4.69, 9.17) is 4.74 Å². The predicted molar refractivity (Wildman–Crippen MR) is 126 cm³/mol. The van der Waals surface area contributed by atoms with Crippen molar-refractivity contribution in [3.05, 3.63) is 84.4 Å². The highest BCUT2D eigenvalue weighted by molar-refractivity contribution is 5.85. The van der Waals surface area contributed by atoms with Gasteiger partial charge in [-0.1, -0.05) is 6.07 Å². The van der Waals surface area contributed by atoms with Gasteiger partial charge in [-0.25, -0.2) is 14.5 Å². The van der Waals surface area contributed by atoms with Crippen molar-refractivity contribution in [3.63, 3.8) is 0 Å². The summed E-state index contributed by atoms with van der Waals surface area (Å²) in [6.07, 6.45) is -15.3. The molecule has 1 unspecified atom stereocenters. The number of benzene rings is 2. The van der Waals surface area contributed by atoms with Crippen LogP contribution in [-0.2, 0) is 10.9 Å². The van der Waals surface area contributed by atoms with Crippen molar-refractivity contribution >= 4 is 11.8 Å². The van der Waals surface area contributed by atoms with Gasteiger partial charge in [-0.05, 0) is 61.5 Å². The predicted octanol–water partition coefficient (Wildman–Crippen LogP) is 7.19. The van der Waals surface area contributed by atoms with Crippen molar-refractivity contribution in [1.82, 2.24) is 19.7 Å². The zero-order chi connectivity index (χ0) is 30.0. The molecular weight excluding hydrogens is 570 g/mol. The number of halogens is 8. The summed E-state index contributed by atoms with van der Waals surface area (Å²) in [5, 5.41) is 6.70. The number of carbonyl (C=O) groups excluding carboxylic acids is 1. The summed E-state index contributed by atoms with van der Waals surface area (Å²) in [4.78, 5) is 19.7. The average molecular weight is 587 g/mol. The summed E-state index contributed by atoms with van der Waals surface area (Å²) in [6.45, 7) is 1.47. The van der Waals surface area contributed by atoms with Gasteiger partial charge >= 0.3 is 24.6 Å². The van der Waals surface area contributed by atoms with Crippen molar-refractivity contribution in [2.24, 2.45) is 0 Å². The van der Waals surface area contributed by atoms with Crippen molar-refractivity contribution in [2.75, 3.05) is 5.32 Å². The van der Waals surface area contributed by atoms with Gasteiger partial charge in [0, 0.05) is 23.0 Å². The molecule has 2 heterocycles. The molecule has 2 aromatic heterocycles. The second kappa shape index (κ2) is 11.0. The van der Waals surface area contributed by atoms with E-state index in [0.717, 1.165) is 30.5 Å². The molecule has 0 saturated carbocycles. The zero-order valence-corrected chi connectivity index (χ0v) is 20.5. The van der Waals surface area contributed by atoms with Crippen LogP contribution in [0, 0.1) is 0 Å². The number of hydrogen-bond donors (Lipinski definition) is 1. The number of nitrogens with one attached hydrogen (secondary N) is 1. The Morgan fingerprint density at radius 3 is 2.10 bits per heavy atom. The van der Waals surface area contributed by atoms with Gasteiger partial charge in [-0.15, -0.1) is 5.10 Å². The highest BCUT2D eigenvalue weighted by Crippen LogP contribution is 2.37. The summed E-state index contributed by atoms with van der Waals surface area (Å²) >= 11 is 0. The Morgan fingerprint density at radius 2 is 1.54 bits per heavy atom. The van der Waals surface area contributed by atoms with Gasteiger partial charge in [-0.2, -0.15) is 35.1 Å². The normalized spacial score (nSPS) is 13.0. The standard InChI is InChI=1S/C25H17F8N5O3/c1-14(16-4-11-20(34-12-16)23(26,27)28)40-22(39)36-17-5-2-15(3-6-17)21-35-13-38(37-21)18-7-9-19(10-8-18)41-25(32,33)24(29,30)31/h2-14H,1H3,(H,36,39). The Balaban J connectivity index is 1.35. The first-order valence-corrected chi connectivity index (χ1v) is 11.4. The number of pyridine rings is 1. The van der Waals surface area contributed by atoms with Crippen LogP contribution < -0.4 is 10.1 Å². The molecule has 0 spiro atoms. The average Bonchev–Trinajstić information content (AvgIpc) is 3.38. The Labute approximate surface area is 225 Å². The van der Waals surface area contributed by atoms with E-state index in [9.17, 15) is 39.9 Å². The highest BCUT2D eigenvalue weighted by Gasteiger charge is 2.61. The quantitative estimate of drug-likeness (QED) is 0.230. The van der Waals surface area contributed by atoms with Crippen LogP contribution in [0.1, 0.15) is 24.3 Å². The van der Waals surface area contributed by atoms with Crippen molar-refractivity contribution in [2.45, 2.75) is 31.5 Å². The van der Waals surface area contributed by atoms with E-state index in [0.29, 0.717) is 16.9 Å². The minimum absolute atomic E-state index is 0.228. The molecule has 0 bridgehead atoms. The second-order valence-corrected chi connectivity index (χ2v) is 8.35.